The topological polar surface area (TPSA) is 63.6 Å². The number of nitrogens with one attached hydrogen (secondary N) is 1. The number of nitrogens with zero attached hydrogens (tertiary/aromatic N) is 4. The van der Waals surface area contributed by atoms with E-state index in [1.165, 1.54) is 23.1 Å². The molecule has 0 aliphatic rings. The van der Waals surface area contributed by atoms with Crippen LogP contribution in [0.2, 0.25) is 0 Å². The van der Waals surface area contributed by atoms with Crippen molar-refractivity contribution in [1.29, 1.82) is 0 Å². The molecule has 2 heterocycles. The van der Waals surface area contributed by atoms with Gasteiger partial charge in [-0.25, -0.2) is 9.97 Å². The smallest absolute Gasteiger partial charge is 0.206 e. The quantitative estimate of drug-likeness (QED) is 0.667. The van der Waals surface area contributed by atoms with Gasteiger partial charge >= 0.3 is 0 Å². The molecule has 108 valence electrons. The van der Waals surface area contributed by atoms with Crippen molar-refractivity contribution in [3.8, 4) is 0 Å². The molecular weight excluding hydrogens is 370 g/mol. The van der Waals surface area contributed by atoms with Crippen LogP contribution >= 0.6 is 39.0 Å². The molecule has 0 aliphatic carbocycles. The van der Waals surface area contributed by atoms with Gasteiger partial charge in [0.2, 0.25) is 5.13 Å². The third kappa shape index (κ3) is 3.50. The lowest BCUT2D eigenvalue weighted by Gasteiger charge is -2.02. The molecule has 0 unspecified atom stereocenters. The second-order valence-electron chi connectivity index (χ2n) is 4.24. The summed E-state index contributed by atoms with van der Waals surface area (Å²) in [7, 11) is 0. The van der Waals surface area contributed by atoms with Crippen LogP contribution in [0.25, 0.3) is 10.9 Å². The second kappa shape index (κ2) is 6.67. The molecule has 21 heavy (non-hydrogen) atoms. The fourth-order valence-electron chi connectivity index (χ4n) is 1.72. The first-order valence-corrected chi connectivity index (χ1v) is 8.84. The predicted molar refractivity (Wildman–Crippen MR) is 90.1 cm³/mol. The Morgan fingerprint density at radius 3 is 3.05 bits per heavy atom. The fourth-order valence-corrected chi connectivity index (χ4v) is 3.85. The van der Waals surface area contributed by atoms with Gasteiger partial charge in [0.1, 0.15) is 11.4 Å². The van der Waals surface area contributed by atoms with E-state index in [2.05, 4.69) is 48.3 Å². The van der Waals surface area contributed by atoms with E-state index < -0.39 is 0 Å². The number of halogens is 1. The van der Waals surface area contributed by atoms with Crippen molar-refractivity contribution in [1.82, 2.24) is 20.2 Å². The van der Waals surface area contributed by atoms with Crippen LogP contribution in [-0.2, 0) is 0 Å². The molecule has 0 aliphatic heterocycles. The van der Waals surface area contributed by atoms with E-state index in [4.69, 9.17) is 0 Å². The molecule has 0 amide bonds. The van der Waals surface area contributed by atoms with Gasteiger partial charge in [-0.3, -0.25) is 0 Å². The van der Waals surface area contributed by atoms with E-state index in [0.717, 1.165) is 42.8 Å². The first-order chi connectivity index (χ1) is 10.3. The first kappa shape index (κ1) is 14.7. The molecule has 0 saturated carbocycles. The van der Waals surface area contributed by atoms with Gasteiger partial charge in [0.05, 0.1) is 5.52 Å². The second-order valence-corrected chi connectivity index (χ2v) is 7.37. The highest BCUT2D eigenvalue weighted by Gasteiger charge is 2.10. The monoisotopic (exact) mass is 381 g/mol. The Morgan fingerprint density at radius 2 is 2.19 bits per heavy atom. The van der Waals surface area contributed by atoms with E-state index in [-0.39, 0.29) is 0 Å². The molecule has 8 heteroatoms. The highest BCUT2D eigenvalue weighted by Crippen LogP contribution is 2.34. The third-order valence-corrected chi connectivity index (χ3v) is 5.12. The number of fused-ring (bicyclic) bond motifs is 1. The maximum atomic E-state index is 4.36. The SMILES string of the molecule is CCCNc1nnc(Sc2ncnc3ccc(Br)cc23)s1. The summed E-state index contributed by atoms with van der Waals surface area (Å²) in [4.78, 5) is 8.64. The Kier molecular flexibility index (Phi) is 4.67. The summed E-state index contributed by atoms with van der Waals surface area (Å²) < 4.78 is 1.88. The van der Waals surface area contributed by atoms with Crippen molar-refractivity contribution in [3.05, 3.63) is 29.0 Å². The molecule has 1 aromatic carbocycles. The normalized spacial score (nSPS) is 11.0. The van der Waals surface area contributed by atoms with Crippen LogP contribution in [0.4, 0.5) is 5.13 Å². The van der Waals surface area contributed by atoms with Crippen molar-refractivity contribution in [2.45, 2.75) is 22.7 Å². The molecule has 3 aromatic rings. The Morgan fingerprint density at radius 1 is 1.29 bits per heavy atom. The first-order valence-electron chi connectivity index (χ1n) is 6.41. The Labute approximate surface area is 138 Å². The van der Waals surface area contributed by atoms with Crippen LogP contribution in [0, 0.1) is 0 Å². The van der Waals surface area contributed by atoms with Gasteiger partial charge in [-0.1, -0.05) is 34.2 Å². The van der Waals surface area contributed by atoms with Gasteiger partial charge in [0.25, 0.3) is 0 Å². The van der Waals surface area contributed by atoms with Crippen LogP contribution in [0.1, 0.15) is 13.3 Å². The summed E-state index contributed by atoms with van der Waals surface area (Å²) in [5.41, 5.74) is 0.921. The Hall–Kier alpha value is -1.25. The van der Waals surface area contributed by atoms with Gasteiger partial charge < -0.3 is 5.32 Å². The number of hydrogen-bond acceptors (Lipinski definition) is 7. The van der Waals surface area contributed by atoms with Gasteiger partial charge in [0.15, 0.2) is 4.34 Å². The zero-order valence-corrected chi connectivity index (χ0v) is 14.4. The van der Waals surface area contributed by atoms with Crippen molar-refractivity contribution >= 4 is 55.1 Å². The minimum Gasteiger partial charge on any atom is -0.360 e. The van der Waals surface area contributed by atoms with Gasteiger partial charge in [0, 0.05) is 16.4 Å². The molecule has 0 radical (unpaired) electrons. The Bertz CT molecular complexity index is 761. The zero-order valence-electron chi connectivity index (χ0n) is 11.2. The van der Waals surface area contributed by atoms with Gasteiger partial charge in [-0.2, -0.15) is 0 Å². The van der Waals surface area contributed by atoms with Crippen molar-refractivity contribution in [2.75, 3.05) is 11.9 Å². The maximum absolute atomic E-state index is 4.36. The summed E-state index contributed by atoms with van der Waals surface area (Å²) in [5.74, 6) is 0. The minimum atomic E-state index is 0.846. The molecule has 0 atom stereocenters. The number of hydrogen-bond donors (Lipinski definition) is 1. The van der Waals surface area contributed by atoms with Crippen molar-refractivity contribution in [3.63, 3.8) is 0 Å². The van der Waals surface area contributed by atoms with Gasteiger partial charge in [-0.15, -0.1) is 10.2 Å². The highest BCUT2D eigenvalue weighted by molar-refractivity contribution is 9.10. The van der Waals surface area contributed by atoms with Gasteiger partial charge in [-0.05, 0) is 36.4 Å². The summed E-state index contributed by atoms with van der Waals surface area (Å²) in [6.45, 7) is 3.03. The summed E-state index contributed by atoms with van der Waals surface area (Å²) in [5, 5.41) is 14.3. The number of benzene rings is 1. The standard InChI is InChI=1S/C13H12BrN5S2/c1-2-5-15-12-18-19-13(21-12)20-11-9-6-8(14)3-4-10(9)16-7-17-11/h3-4,6-7H,2,5H2,1H3,(H,15,18). The maximum Gasteiger partial charge on any atom is 0.206 e. The predicted octanol–water partition coefficient (Wildman–Crippen LogP) is 4.22. The van der Waals surface area contributed by atoms with E-state index in [0.29, 0.717) is 0 Å². The molecule has 1 N–H and O–H groups in total. The van der Waals surface area contributed by atoms with E-state index >= 15 is 0 Å². The van der Waals surface area contributed by atoms with Crippen LogP contribution < -0.4 is 5.32 Å². The molecule has 5 nitrogen and oxygen atoms in total. The molecule has 0 fully saturated rings. The molecule has 3 rings (SSSR count). The third-order valence-electron chi connectivity index (χ3n) is 2.68. The van der Waals surface area contributed by atoms with Crippen molar-refractivity contribution < 1.29 is 0 Å². The van der Waals surface area contributed by atoms with E-state index in [9.17, 15) is 0 Å². The largest absolute Gasteiger partial charge is 0.360 e. The number of anilines is 1. The molecular formula is C13H12BrN5S2. The number of rotatable bonds is 5. The molecule has 0 saturated heterocycles. The van der Waals surface area contributed by atoms with Crippen LogP contribution in [-0.4, -0.2) is 26.7 Å². The van der Waals surface area contributed by atoms with Crippen molar-refractivity contribution in [2.24, 2.45) is 0 Å². The molecule has 2 aromatic heterocycles. The van der Waals surface area contributed by atoms with E-state index in [1.54, 1.807) is 6.33 Å². The molecule has 0 spiro atoms. The van der Waals surface area contributed by atoms with E-state index in [1.807, 2.05) is 18.2 Å². The van der Waals surface area contributed by atoms with Crippen LogP contribution in [0.15, 0.2) is 38.4 Å². The summed E-state index contributed by atoms with van der Waals surface area (Å²) in [6.07, 6.45) is 2.64. The lowest BCUT2D eigenvalue weighted by molar-refractivity contribution is 0.950. The Balaban J connectivity index is 1.87. The lowest BCUT2D eigenvalue weighted by Crippen LogP contribution is -1.98. The van der Waals surface area contributed by atoms with Crippen LogP contribution in [0.5, 0.6) is 0 Å². The fraction of sp³-hybridized carbons (Fsp3) is 0.231. The van der Waals surface area contributed by atoms with Crippen LogP contribution in [0.3, 0.4) is 0 Å². The average molecular weight is 382 g/mol. The summed E-state index contributed by atoms with van der Waals surface area (Å²) >= 11 is 6.54. The summed E-state index contributed by atoms with van der Waals surface area (Å²) in [6, 6.07) is 5.97. The lowest BCUT2D eigenvalue weighted by atomic mass is 10.2. The minimum absolute atomic E-state index is 0.846. The zero-order chi connectivity index (χ0) is 14.7. The molecule has 0 bridgehead atoms. The number of aromatic nitrogens is 4. The highest BCUT2D eigenvalue weighted by atomic mass is 79.9. The average Bonchev–Trinajstić information content (AvgIpc) is 2.93.